The molecular formula is C19H21N. The molecule has 0 aliphatic rings. The van der Waals surface area contributed by atoms with Crippen LogP contribution in [-0.4, -0.2) is 4.57 Å². The second-order valence-corrected chi connectivity index (χ2v) is 5.79. The van der Waals surface area contributed by atoms with Crippen LogP contribution in [-0.2, 0) is 6.54 Å². The molecule has 20 heavy (non-hydrogen) atoms. The molecule has 1 nitrogen and oxygen atoms in total. The molecule has 1 aromatic heterocycles. The highest BCUT2D eigenvalue weighted by atomic mass is 15.0. The normalized spacial score (nSPS) is 11.3. The van der Waals surface area contributed by atoms with Crippen LogP contribution in [0.3, 0.4) is 0 Å². The molecule has 0 N–H and O–H groups in total. The Bertz CT molecular complexity index is 692. The summed E-state index contributed by atoms with van der Waals surface area (Å²) in [5.41, 5.74) is 3.96. The van der Waals surface area contributed by atoms with Gasteiger partial charge in [0.25, 0.3) is 0 Å². The minimum Gasteiger partial charge on any atom is -0.340 e. The number of aryl methyl sites for hydroxylation is 1. The van der Waals surface area contributed by atoms with Crippen molar-refractivity contribution in [2.24, 2.45) is 5.92 Å². The third-order valence-electron chi connectivity index (χ3n) is 3.81. The van der Waals surface area contributed by atoms with E-state index < -0.39 is 0 Å². The van der Waals surface area contributed by atoms with E-state index in [-0.39, 0.29) is 0 Å². The maximum absolute atomic E-state index is 2.46. The van der Waals surface area contributed by atoms with E-state index in [1.807, 2.05) is 0 Å². The van der Waals surface area contributed by atoms with Gasteiger partial charge in [-0.1, -0.05) is 62.4 Å². The first kappa shape index (κ1) is 13.0. The Morgan fingerprint density at radius 1 is 0.900 bits per heavy atom. The first-order valence-corrected chi connectivity index (χ1v) is 7.39. The Kier molecular flexibility index (Phi) is 3.60. The molecule has 3 aromatic rings. The summed E-state index contributed by atoms with van der Waals surface area (Å²) in [6.45, 7) is 5.65. The summed E-state index contributed by atoms with van der Waals surface area (Å²) in [5, 5.41) is 1.33. The van der Waals surface area contributed by atoms with Crippen LogP contribution in [0.15, 0.2) is 60.7 Å². The maximum Gasteiger partial charge on any atom is 0.0491 e. The van der Waals surface area contributed by atoms with E-state index in [9.17, 15) is 0 Å². The SMILES string of the molecule is CC(C)CCn1c(-c2ccccc2)cc2ccccc21. The predicted molar refractivity (Wildman–Crippen MR) is 86.8 cm³/mol. The van der Waals surface area contributed by atoms with Crippen LogP contribution in [0.1, 0.15) is 20.3 Å². The molecule has 2 aromatic carbocycles. The number of rotatable bonds is 4. The summed E-state index contributed by atoms with van der Waals surface area (Å²) < 4.78 is 2.46. The zero-order valence-corrected chi connectivity index (χ0v) is 12.2. The molecule has 3 rings (SSSR count). The average molecular weight is 263 g/mol. The van der Waals surface area contributed by atoms with Crippen LogP contribution in [0.5, 0.6) is 0 Å². The lowest BCUT2D eigenvalue weighted by Crippen LogP contribution is -2.03. The van der Waals surface area contributed by atoms with E-state index in [1.54, 1.807) is 0 Å². The maximum atomic E-state index is 2.46. The van der Waals surface area contributed by atoms with Gasteiger partial charge in [-0.2, -0.15) is 0 Å². The molecular weight excluding hydrogens is 242 g/mol. The first-order chi connectivity index (χ1) is 9.75. The highest BCUT2D eigenvalue weighted by molar-refractivity contribution is 5.87. The van der Waals surface area contributed by atoms with Crippen molar-refractivity contribution < 1.29 is 0 Å². The third kappa shape index (κ3) is 2.49. The molecule has 0 bridgehead atoms. The van der Waals surface area contributed by atoms with Gasteiger partial charge in [0.2, 0.25) is 0 Å². The van der Waals surface area contributed by atoms with E-state index in [0.717, 1.165) is 12.5 Å². The van der Waals surface area contributed by atoms with Crippen molar-refractivity contribution in [3.8, 4) is 11.3 Å². The Balaban J connectivity index is 2.12. The molecule has 0 radical (unpaired) electrons. The average Bonchev–Trinajstić information content (AvgIpc) is 2.84. The molecule has 0 spiro atoms. The zero-order valence-electron chi connectivity index (χ0n) is 12.2. The largest absolute Gasteiger partial charge is 0.340 e. The number of fused-ring (bicyclic) bond motifs is 1. The summed E-state index contributed by atoms with van der Waals surface area (Å²) in [7, 11) is 0. The van der Waals surface area contributed by atoms with Gasteiger partial charge in [0.05, 0.1) is 0 Å². The molecule has 0 aliphatic carbocycles. The fourth-order valence-electron chi connectivity index (χ4n) is 2.69. The number of nitrogens with zero attached hydrogens (tertiary/aromatic N) is 1. The number of benzene rings is 2. The van der Waals surface area contributed by atoms with E-state index in [0.29, 0.717) is 0 Å². The van der Waals surface area contributed by atoms with Crippen molar-refractivity contribution >= 4 is 10.9 Å². The molecule has 0 amide bonds. The van der Waals surface area contributed by atoms with Crippen LogP contribution < -0.4 is 0 Å². The van der Waals surface area contributed by atoms with Crippen molar-refractivity contribution in [2.45, 2.75) is 26.8 Å². The Hall–Kier alpha value is -2.02. The second-order valence-electron chi connectivity index (χ2n) is 5.79. The van der Waals surface area contributed by atoms with Gasteiger partial charge in [0, 0.05) is 23.1 Å². The van der Waals surface area contributed by atoms with Gasteiger partial charge in [-0.05, 0) is 30.0 Å². The first-order valence-electron chi connectivity index (χ1n) is 7.39. The molecule has 1 heteroatoms. The van der Waals surface area contributed by atoms with Gasteiger partial charge in [0.1, 0.15) is 0 Å². The van der Waals surface area contributed by atoms with E-state index in [2.05, 4.69) is 79.1 Å². The lowest BCUT2D eigenvalue weighted by molar-refractivity contribution is 0.526. The molecule has 102 valence electrons. The Labute approximate surface area is 120 Å². The number of aromatic nitrogens is 1. The predicted octanol–water partition coefficient (Wildman–Crippen LogP) is 5.35. The van der Waals surface area contributed by atoms with Gasteiger partial charge < -0.3 is 4.57 Å². The minimum atomic E-state index is 0.722. The highest BCUT2D eigenvalue weighted by Gasteiger charge is 2.10. The lowest BCUT2D eigenvalue weighted by Gasteiger charge is -2.12. The quantitative estimate of drug-likeness (QED) is 0.597. The number of para-hydroxylation sites is 1. The van der Waals surface area contributed by atoms with Crippen molar-refractivity contribution in [1.29, 1.82) is 0 Å². The fourth-order valence-corrected chi connectivity index (χ4v) is 2.69. The van der Waals surface area contributed by atoms with Crippen molar-refractivity contribution in [2.75, 3.05) is 0 Å². The number of hydrogen-bond acceptors (Lipinski definition) is 0. The summed E-state index contributed by atoms with van der Waals surface area (Å²) in [6.07, 6.45) is 1.21. The monoisotopic (exact) mass is 263 g/mol. The lowest BCUT2D eigenvalue weighted by atomic mass is 10.1. The molecule has 0 saturated heterocycles. The second kappa shape index (κ2) is 5.54. The fraction of sp³-hybridized carbons (Fsp3) is 0.263. The van der Waals surface area contributed by atoms with Crippen molar-refractivity contribution in [3.05, 3.63) is 60.7 Å². The van der Waals surface area contributed by atoms with E-state index >= 15 is 0 Å². The van der Waals surface area contributed by atoms with Gasteiger partial charge in [-0.25, -0.2) is 0 Å². The molecule has 0 unspecified atom stereocenters. The van der Waals surface area contributed by atoms with Crippen LogP contribution >= 0.6 is 0 Å². The Morgan fingerprint density at radius 2 is 1.60 bits per heavy atom. The van der Waals surface area contributed by atoms with Gasteiger partial charge in [-0.3, -0.25) is 0 Å². The van der Waals surface area contributed by atoms with Crippen LogP contribution in [0, 0.1) is 5.92 Å². The van der Waals surface area contributed by atoms with Crippen molar-refractivity contribution in [1.82, 2.24) is 4.57 Å². The third-order valence-corrected chi connectivity index (χ3v) is 3.81. The number of hydrogen-bond donors (Lipinski definition) is 0. The molecule has 0 fully saturated rings. The van der Waals surface area contributed by atoms with Crippen molar-refractivity contribution in [3.63, 3.8) is 0 Å². The van der Waals surface area contributed by atoms with Crippen LogP contribution in [0.4, 0.5) is 0 Å². The van der Waals surface area contributed by atoms with E-state index in [1.165, 1.54) is 28.6 Å². The standard InChI is InChI=1S/C19H21N/c1-15(2)12-13-20-18-11-7-6-10-17(18)14-19(20)16-8-4-3-5-9-16/h3-11,14-15H,12-13H2,1-2H3. The molecule has 0 saturated carbocycles. The highest BCUT2D eigenvalue weighted by Crippen LogP contribution is 2.28. The Morgan fingerprint density at radius 3 is 2.35 bits per heavy atom. The summed E-state index contributed by atoms with van der Waals surface area (Å²) in [6, 6.07) is 21.7. The molecule has 0 aliphatic heterocycles. The zero-order chi connectivity index (χ0) is 13.9. The molecule has 0 atom stereocenters. The van der Waals surface area contributed by atoms with Gasteiger partial charge >= 0.3 is 0 Å². The van der Waals surface area contributed by atoms with Gasteiger partial charge in [0.15, 0.2) is 0 Å². The minimum absolute atomic E-state index is 0.722. The molecule has 1 heterocycles. The summed E-state index contributed by atoms with van der Waals surface area (Å²) in [5.74, 6) is 0.722. The smallest absolute Gasteiger partial charge is 0.0491 e. The van der Waals surface area contributed by atoms with Gasteiger partial charge in [-0.15, -0.1) is 0 Å². The van der Waals surface area contributed by atoms with E-state index in [4.69, 9.17) is 0 Å². The summed E-state index contributed by atoms with van der Waals surface area (Å²) >= 11 is 0. The van der Waals surface area contributed by atoms with Crippen LogP contribution in [0.25, 0.3) is 22.2 Å². The topological polar surface area (TPSA) is 4.93 Å². The summed E-state index contributed by atoms with van der Waals surface area (Å²) in [4.78, 5) is 0. The van der Waals surface area contributed by atoms with Crippen LogP contribution in [0.2, 0.25) is 0 Å².